The summed E-state index contributed by atoms with van der Waals surface area (Å²) in [5.41, 5.74) is -0.263. The highest BCUT2D eigenvalue weighted by molar-refractivity contribution is 5.94. The second-order valence-electron chi connectivity index (χ2n) is 8.15. The standard InChI is InChI=1S/C23H22F2N6O4/c1-13(27-16-6-4-3-5-14(16)22(33)34)18-20-29-19(30-9-7-23(24,25)8-10-30)15(11-26)21(32)31(20)12-17(28-18)35-2/h3-6,12-13,27H,7-10H2,1-2H3,(H,33,34)/t13-/m1/s1. The maximum atomic E-state index is 13.7. The molecule has 35 heavy (non-hydrogen) atoms. The van der Waals surface area contributed by atoms with Gasteiger partial charge in [-0.15, -0.1) is 0 Å². The van der Waals surface area contributed by atoms with Crippen molar-refractivity contribution in [1.29, 1.82) is 5.26 Å². The topological polar surface area (TPSA) is 133 Å². The van der Waals surface area contributed by atoms with E-state index in [1.165, 1.54) is 24.3 Å². The number of nitrogens with zero attached hydrogens (tertiary/aromatic N) is 5. The lowest BCUT2D eigenvalue weighted by atomic mass is 10.1. The average molecular weight is 484 g/mol. The number of carboxylic acid groups (broad SMARTS) is 1. The maximum absolute atomic E-state index is 13.7. The van der Waals surface area contributed by atoms with Gasteiger partial charge < -0.3 is 20.1 Å². The van der Waals surface area contributed by atoms with Gasteiger partial charge in [-0.25, -0.2) is 23.5 Å². The first-order chi connectivity index (χ1) is 16.6. The van der Waals surface area contributed by atoms with Crippen LogP contribution < -0.4 is 20.5 Å². The summed E-state index contributed by atoms with van der Waals surface area (Å²) < 4.78 is 33.8. The number of hydrogen-bond acceptors (Lipinski definition) is 8. The van der Waals surface area contributed by atoms with E-state index < -0.39 is 36.3 Å². The molecule has 1 fully saturated rings. The third-order valence-electron chi connectivity index (χ3n) is 5.85. The number of nitrogens with one attached hydrogen (secondary N) is 1. The monoisotopic (exact) mass is 484 g/mol. The molecule has 1 aliphatic heterocycles. The van der Waals surface area contributed by atoms with E-state index in [9.17, 15) is 28.7 Å². The summed E-state index contributed by atoms with van der Waals surface area (Å²) in [4.78, 5) is 35.3. The first kappa shape index (κ1) is 23.9. The summed E-state index contributed by atoms with van der Waals surface area (Å²) in [7, 11) is 1.36. The van der Waals surface area contributed by atoms with Crippen LogP contribution in [0.25, 0.3) is 5.65 Å². The number of para-hydroxylation sites is 1. The highest BCUT2D eigenvalue weighted by Crippen LogP contribution is 2.32. The molecule has 4 rings (SSSR count). The number of piperidine rings is 1. The third-order valence-corrected chi connectivity index (χ3v) is 5.85. The lowest BCUT2D eigenvalue weighted by molar-refractivity contribution is -0.0221. The van der Waals surface area contributed by atoms with E-state index >= 15 is 0 Å². The Morgan fingerprint density at radius 3 is 2.60 bits per heavy atom. The zero-order valence-electron chi connectivity index (χ0n) is 19.0. The minimum atomic E-state index is -2.81. The third kappa shape index (κ3) is 4.57. The highest BCUT2D eigenvalue weighted by atomic mass is 19.3. The molecule has 0 saturated carbocycles. The molecule has 0 aliphatic carbocycles. The van der Waals surface area contributed by atoms with E-state index in [0.29, 0.717) is 5.69 Å². The molecular weight excluding hydrogens is 462 g/mol. The number of rotatable bonds is 6. The van der Waals surface area contributed by atoms with Crippen LogP contribution in [0.2, 0.25) is 0 Å². The van der Waals surface area contributed by atoms with Crippen LogP contribution in [-0.2, 0) is 0 Å². The van der Waals surface area contributed by atoms with Crippen molar-refractivity contribution in [2.45, 2.75) is 31.7 Å². The highest BCUT2D eigenvalue weighted by Gasteiger charge is 2.36. The van der Waals surface area contributed by atoms with Crippen molar-refractivity contribution >= 4 is 23.1 Å². The van der Waals surface area contributed by atoms with Gasteiger partial charge in [-0.2, -0.15) is 5.26 Å². The van der Waals surface area contributed by atoms with Gasteiger partial charge in [0.25, 0.3) is 11.5 Å². The largest absolute Gasteiger partial charge is 0.480 e. The second-order valence-corrected chi connectivity index (χ2v) is 8.15. The fraction of sp³-hybridized carbons (Fsp3) is 0.348. The minimum Gasteiger partial charge on any atom is -0.480 e. The number of hydrogen-bond donors (Lipinski definition) is 2. The molecule has 2 N–H and O–H groups in total. The molecule has 3 heterocycles. The summed E-state index contributed by atoms with van der Waals surface area (Å²) in [6, 6.07) is 7.50. The van der Waals surface area contributed by atoms with Crippen LogP contribution in [0.5, 0.6) is 5.88 Å². The number of fused-ring (bicyclic) bond motifs is 1. The van der Waals surface area contributed by atoms with Crippen molar-refractivity contribution in [1.82, 2.24) is 14.4 Å². The lowest BCUT2D eigenvalue weighted by Gasteiger charge is -2.33. The van der Waals surface area contributed by atoms with Gasteiger partial charge in [0.15, 0.2) is 17.0 Å². The molecule has 1 aromatic carbocycles. The molecule has 0 unspecified atom stereocenters. The molecule has 1 saturated heterocycles. The summed E-state index contributed by atoms with van der Waals surface area (Å²) >= 11 is 0. The van der Waals surface area contributed by atoms with Crippen LogP contribution in [0.3, 0.4) is 0 Å². The molecule has 0 bridgehead atoms. The van der Waals surface area contributed by atoms with Gasteiger partial charge in [0.05, 0.1) is 24.9 Å². The minimum absolute atomic E-state index is 0.0133. The number of carbonyl (C=O) groups is 1. The quantitative estimate of drug-likeness (QED) is 0.541. The summed E-state index contributed by atoms with van der Waals surface area (Å²) in [5, 5.41) is 22.3. The van der Waals surface area contributed by atoms with Crippen LogP contribution in [0.15, 0.2) is 35.3 Å². The Bertz CT molecular complexity index is 1390. The molecule has 10 nitrogen and oxygen atoms in total. The molecule has 12 heteroatoms. The Morgan fingerprint density at radius 2 is 1.97 bits per heavy atom. The van der Waals surface area contributed by atoms with Crippen molar-refractivity contribution < 1.29 is 23.4 Å². The molecular formula is C23H22F2N6O4. The fourth-order valence-corrected chi connectivity index (χ4v) is 3.99. The van der Waals surface area contributed by atoms with E-state index in [2.05, 4.69) is 15.3 Å². The predicted octanol–water partition coefficient (Wildman–Crippen LogP) is 3.08. The van der Waals surface area contributed by atoms with Crippen LogP contribution >= 0.6 is 0 Å². The van der Waals surface area contributed by atoms with Gasteiger partial charge in [0, 0.05) is 31.6 Å². The van der Waals surface area contributed by atoms with Gasteiger partial charge >= 0.3 is 5.97 Å². The summed E-state index contributed by atoms with van der Waals surface area (Å²) in [6.45, 7) is 1.57. The number of benzene rings is 1. The number of halogens is 2. The normalized spacial score (nSPS) is 15.9. The molecule has 2 aromatic heterocycles. The number of anilines is 2. The Hall–Kier alpha value is -4.27. The van der Waals surface area contributed by atoms with Crippen molar-refractivity contribution in [3.8, 4) is 11.9 Å². The lowest BCUT2D eigenvalue weighted by Crippen LogP contribution is -2.41. The average Bonchev–Trinajstić information content (AvgIpc) is 2.83. The second kappa shape index (κ2) is 9.17. The number of carboxylic acids is 1. The fourth-order valence-electron chi connectivity index (χ4n) is 3.99. The van der Waals surface area contributed by atoms with Crippen molar-refractivity contribution in [2.75, 3.05) is 30.4 Å². The molecule has 0 radical (unpaired) electrons. The van der Waals surface area contributed by atoms with Gasteiger partial charge in [-0.1, -0.05) is 12.1 Å². The van der Waals surface area contributed by atoms with E-state index in [1.54, 1.807) is 25.1 Å². The van der Waals surface area contributed by atoms with Crippen molar-refractivity contribution in [2.24, 2.45) is 0 Å². The number of aromatic nitrogens is 3. The van der Waals surface area contributed by atoms with Crippen molar-refractivity contribution in [3.05, 3.63) is 57.6 Å². The van der Waals surface area contributed by atoms with Crippen molar-refractivity contribution in [3.63, 3.8) is 0 Å². The Kier molecular flexibility index (Phi) is 6.26. The first-order valence-electron chi connectivity index (χ1n) is 10.8. The van der Waals surface area contributed by atoms with Crippen LogP contribution in [0, 0.1) is 11.3 Å². The SMILES string of the molecule is COc1cn2c(=O)c(C#N)c(N3CCC(F)(F)CC3)nc2c([C@@H](C)Nc2ccccc2C(=O)O)n1. The van der Waals surface area contributed by atoms with E-state index in [-0.39, 0.29) is 47.3 Å². The molecule has 182 valence electrons. The van der Waals surface area contributed by atoms with Crippen LogP contribution in [-0.4, -0.2) is 51.6 Å². The van der Waals surface area contributed by atoms with Crippen LogP contribution in [0.1, 0.15) is 47.4 Å². The summed E-state index contributed by atoms with van der Waals surface area (Å²) in [6.07, 6.45) is 0.453. The molecule has 1 aliphatic rings. The van der Waals surface area contributed by atoms with Gasteiger partial charge in [0.2, 0.25) is 5.88 Å². The predicted molar refractivity (Wildman–Crippen MR) is 122 cm³/mol. The number of aromatic carboxylic acids is 1. The number of alkyl halides is 2. The molecule has 3 aromatic rings. The van der Waals surface area contributed by atoms with Gasteiger partial charge in [-0.05, 0) is 19.1 Å². The molecule has 1 atom stereocenters. The zero-order valence-corrected chi connectivity index (χ0v) is 19.0. The smallest absolute Gasteiger partial charge is 0.337 e. The number of nitriles is 1. The Morgan fingerprint density at radius 1 is 1.29 bits per heavy atom. The van der Waals surface area contributed by atoms with Gasteiger partial charge in [0.1, 0.15) is 11.8 Å². The molecule has 0 amide bonds. The maximum Gasteiger partial charge on any atom is 0.337 e. The van der Waals surface area contributed by atoms with Crippen LogP contribution in [0.4, 0.5) is 20.3 Å². The van der Waals surface area contributed by atoms with E-state index in [1.807, 2.05) is 6.07 Å². The zero-order chi connectivity index (χ0) is 25.3. The first-order valence-corrected chi connectivity index (χ1v) is 10.8. The molecule has 0 spiro atoms. The number of ether oxygens (including phenoxy) is 1. The van der Waals surface area contributed by atoms with E-state index in [0.717, 1.165) is 4.40 Å². The Balaban J connectivity index is 1.86. The Labute approximate surface area is 198 Å². The van der Waals surface area contributed by atoms with Gasteiger partial charge in [-0.3, -0.25) is 9.20 Å². The van der Waals surface area contributed by atoms with E-state index in [4.69, 9.17) is 4.74 Å². The number of methoxy groups -OCH3 is 1. The summed E-state index contributed by atoms with van der Waals surface area (Å²) in [5.74, 6) is -3.85.